The van der Waals surface area contributed by atoms with Crippen LogP contribution in [-0.4, -0.2) is 35.7 Å². The van der Waals surface area contributed by atoms with Crippen LogP contribution in [0.5, 0.6) is 5.75 Å². The number of hydrogen-bond donors (Lipinski definition) is 1. The van der Waals surface area contributed by atoms with E-state index >= 15 is 0 Å². The third kappa shape index (κ3) is 7.51. The van der Waals surface area contributed by atoms with Gasteiger partial charge in [-0.1, -0.05) is 30.7 Å². The van der Waals surface area contributed by atoms with Crippen LogP contribution in [0.2, 0.25) is 0 Å². The minimum atomic E-state index is -4.46. The zero-order valence-corrected chi connectivity index (χ0v) is 23.7. The Hall–Kier alpha value is -4.73. The van der Waals surface area contributed by atoms with Gasteiger partial charge in [0.05, 0.1) is 18.2 Å². The zero-order chi connectivity index (χ0) is 30.4. The summed E-state index contributed by atoms with van der Waals surface area (Å²) in [6.07, 6.45) is -2.47. The Kier molecular flexibility index (Phi) is 9.25. The van der Waals surface area contributed by atoms with E-state index in [4.69, 9.17) is 4.74 Å². The summed E-state index contributed by atoms with van der Waals surface area (Å²) in [6, 6.07) is 18.0. The first kappa shape index (κ1) is 30.2. The van der Waals surface area contributed by atoms with E-state index in [1.54, 1.807) is 50.4 Å². The normalized spacial score (nSPS) is 11.2. The van der Waals surface area contributed by atoms with Crippen molar-refractivity contribution in [1.29, 1.82) is 0 Å². The molecule has 42 heavy (non-hydrogen) atoms. The predicted octanol–water partition coefficient (Wildman–Crippen LogP) is 7.27. The van der Waals surface area contributed by atoms with Crippen molar-refractivity contribution < 1.29 is 27.5 Å². The van der Waals surface area contributed by atoms with E-state index in [0.717, 1.165) is 23.4 Å². The molecule has 0 saturated carbocycles. The van der Waals surface area contributed by atoms with Gasteiger partial charge in [0.15, 0.2) is 5.78 Å². The maximum atomic E-state index is 13.1. The van der Waals surface area contributed by atoms with Crippen LogP contribution in [-0.2, 0) is 23.8 Å². The highest BCUT2D eigenvalue weighted by atomic mass is 19.4. The first-order chi connectivity index (χ1) is 20.0. The third-order valence-corrected chi connectivity index (χ3v) is 6.65. The molecule has 3 aromatic carbocycles. The lowest BCUT2D eigenvalue weighted by Crippen LogP contribution is -2.13. The summed E-state index contributed by atoms with van der Waals surface area (Å²) in [4.78, 5) is 35.7. The largest absolute Gasteiger partial charge is 0.496 e. The van der Waals surface area contributed by atoms with Gasteiger partial charge in [0.1, 0.15) is 17.4 Å². The number of aromatic nitrogens is 2. The number of benzene rings is 3. The fraction of sp³-hybridized carbons (Fsp3) is 0.250. The van der Waals surface area contributed by atoms with Crippen LogP contribution in [0.25, 0.3) is 0 Å². The van der Waals surface area contributed by atoms with E-state index in [0.29, 0.717) is 46.3 Å². The van der Waals surface area contributed by atoms with Crippen LogP contribution in [0.15, 0.2) is 72.9 Å². The zero-order valence-electron chi connectivity index (χ0n) is 23.7. The molecule has 0 aliphatic rings. The van der Waals surface area contributed by atoms with Gasteiger partial charge in [0.2, 0.25) is 5.95 Å². The molecule has 0 bridgehead atoms. The molecular formula is C32H31F3N4O3. The van der Waals surface area contributed by atoms with Crippen molar-refractivity contribution in [3.8, 4) is 5.75 Å². The van der Waals surface area contributed by atoms with Gasteiger partial charge in [-0.25, -0.2) is 4.98 Å². The number of Topliss-reactive ketones (excluding diaryl/α,β-unsaturated/α-hetero) is 2. The number of carbonyl (C=O) groups is 2. The highest BCUT2D eigenvalue weighted by molar-refractivity contribution is 5.99. The smallest absolute Gasteiger partial charge is 0.416 e. The highest BCUT2D eigenvalue weighted by Crippen LogP contribution is 2.31. The lowest BCUT2D eigenvalue weighted by molar-refractivity contribution is -0.137. The maximum Gasteiger partial charge on any atom is 0.416 e. The van der Waals surface area contributed by atoms with Crippen molar-refractivity contribution >= 4 is 34.7 Å². The number of rotatable bonds is 11. The summed E-state index contributed by atoms with van der Waals surface area (Å²) in [5.74, 6) is 1.23. The SMILES string of the molecule is CCC(=O)c1cc(Nc2nccc(N(C)c3ccc(CC(=O)Cc4cc(C)cc(C(F)(F)F)c4)cc3)n2)ccc1OC. The lowest BCUT2D eigenvalue weighted by Gasteiger charge is -2.19. The van der Waals surface area contributed by atoms with Crippen molar-refractivity contribution in [2.75, 3.05) is 24.4 Å². The second-order valence-corrected chi connectivity index (χ2v) is 9.88. The summed E-state index contributed by atoms with van der Waals surface area (Å²) < 4.78 is 44.7. The standard InChI is InChI=1S/C32H31F3N4O3/c1-5-28(41)27-19-24(8-11-29(27)42-4)37-31-36-13-12-30(38-31)39(3)25-9-6-21(7-10-25)17-26(40)18-22-14-20(2)15-23(16-22)32(33,34)35/h6-16,19H,5,17-18H2,1-4H3,(H,36,37,38). The number of ketones is 2. The number of alkyl halides is 3. The topological polar surface area (TPSA) is 84.4 Å². The van der Waals surface area contributed by atoms with Crippen LogP contribution in [0.3, 0.4) is 0 Å². The summed E-state index contributed by atoms with van der Waals surface area (Å²) in [7, 11) is 3.36. The van der Waals surface area contributed by atoms with E-state index in [9.17, 15) is 22.8 Å². The summed E-state index contributed by atoms with van der Waals surface area (Å²) >= 11 is 0. The quantitative estimate of drug-likeness (QED) is 0.188. The first-order valence-corrected chi connectivity index (χ1v) is 13.3. The predicted molar refractivity (Wildman–Crippen MR) is 156 cm³/mol. The number of halogens is 3. The fourth-order valence-electron chi connectivity index (χ4n) is 4.54. The number of carbonyl (C=O) groups excluding carboxylic acids is 2. The van der Waals surface area contributed by atoms with Gasteiger partial charge in [-0.3, -0.25) is 9.59 Å². The Morgan fingerprint density at radius 1 is 0.952 bits per heavy atom. The van der Waals surface area contributed by atoms with Gasteiger partial charge in [-0.05, 0) is 66.6 Å². The van der Waals surface area contributed by atoms with Crippen molar-refractivity contribution in [3.63, 3.8) is 0 Å². The minimum absolute atomic E-state index is 0.0409. The van der Waals surface area contributed by atoms with Gasteiger partial charge in [-0.2, -0.15) is 18.2 Å². The van der Waals surface area contributed by atoms with E-state index < -0.39 is 11.7 Å². The van der Waals surface area contributed by atoms with E-state index in [1.165, 1.54) is 7.11 Å². The average Bonchev–Trinajstić information content (AvgIpc) is 2.96. The molecule has 0 aliphatic heterocycles. The van der Waals surface area contributed by atoms with Crippen molar-refractivity contribution in [1.82, 2.24) is 9.97 Å². The number of nitrogens with one attached hydrogen (secondary N) is 1. The molecule has 0 amide bonds. The molecule has 4 rings (SSSR count). The van der Waals surface area contributed by atoms with Crippen LogP contribution < -0.4 is 15.0 Å². The second kappa shape index (κ2) is 12.8. The molecule has 1 aromatic heterocycles. The van der Waals surface area contributed by atoms with Crippen molar-refractivity contribution in [2.24, 2.45) is 0 Å². The number of anilines is 4. The molecule has 0 fully saturated rings. The molecule has 218 valence electrons. The van der Waals surface area contributed by atoms with Crippen molar-refractivity contribution in [3.05, 3.63) is 101 Å². The monoisotopic (exact) mass is 576 g/mol. The van der Waals surface area contributed by atoms with Gasteiger partial charge in [0.25, 0.3) is 0 Å². The molecular weight excluding hydrogens is 545 g/mol. The average molecular weight is 577 g/mol. The van der Waals surface area contributed by atoms with Crippen LogP contribution in [0.4, 0.5) is 36.3 Å². The number of methoxy groups -OCH3 is 1. The van der Waals surface area contributed by atoms with Gasteiger partial charge >= 0.3 is 6.18 Å². The number of ether oxygens (including phenoxy) is 1. The summed E-state index contributed by atoms with van der Waals surface area (Å²) in [6.45, 7) is 3.37. The lowest BCUT2D eigenvalue weighted by atomic mass is 9.99. The molecule has 0 unspecified atom stereocenters. The fourth-order valence-corrected chi connectivity index (χ4v) is 4.54. The van der Waals surface area contributed by atoms with Gasteiger partial charge < -0.3 is 15.0 Å². The Labute approximate surface area is 242 Å². The molecule has 1 N–H and O–H groups in total. The van der Waals surface area contributed by atoms with Crippen LogP contribution in [0.1, 0.15) is 46.0 Å². The molecule has 0 atom stereocenters. The van der Waals surface area contributed by atoms with Crippen molar-refractivity contribution in [2.45, 2.75) is 39.3 Å². The summed E-state index contributed by atoms with van der Waals surface area (Å²) in [5.41, 5.74) is 2.74. The van der Waals surface area contributed by atoms with Gasteiger partial charge in [0, 0.05) is 43.9 Å². The minimum Gasteiger partial charge on any atom is -0.496 e. The third-order valence-electron chi connectivity index (χ3n) is 6.65. The van der Waals surface area contributed by atoms with E-state index in [1.807, 2.05) is 36.2 Å². The Balaban J connectivity index is 1.42. The number of hydrogen-bond acceptors (Lipinski definition) is 7. The molecule has 0 radical (unpaired) electrons. The second-order valence-electron chi connectivity index (χ2n) is 9.88. The van der Waals surface area contributed by atoms with E-state index in [-0.39, 0.29) is 24.4 Å². The molecule has 4 aromatic rings. The molecule has 7 nitrogen and oxygen atoms in total. The van der Waals surface area contributed by atoms with Crippen LogP contribution in [0, 0.1) is 6.92 Å². The molecule has 0 aliphatic carbocycles. The molecule has 10 heteroatoms. The molecule has 0 saturated heterocycles. The van der Waals surface area contributed by atoms with Gasteiger partial charge in [-0.15, -0.1) is 0 Å². The number of aryl methyl sites for hydroxylation is 1. The maximum absolute atomic E-state index is 13.1. The molecule has 1 heterocycles. The highest BCUT2D eigenvalue weighted by Gasteiger charge is 2.31. The first-order valence-electron chi connectivity index (χ1n) is 13.3. The van der Waals surface area contributed by atoms with E-state index in [2.05, 4.69) is 15.3 Å². The summed E-state index contributed by atoms with van der Waals surface area (Å²) in [5, 5.41) is 3.13. The number of nitrogens with zero attached hydrogens (tertiary/aromatic N) is 3. The van der Waals surface area contributed by atoms with Crippen LogP contribution >= 0.6 is 0 Å². The molecule has 0 spiro atoms. The Morgan fingerprint density at radius 3 is 2.33 bits per heavy atom. The Bertz CT molecular complexity index is 1590. The Morgan fingerprint density at radius 2 is 1.67 bits per heavy atom.